The number of hydrogen-bond donors (Lipinski definition) is 1. The molecule has 8 heavy (non-hydrogen) atoms. The summed E-state index contributed by atoms with van der Waals surface area (Å²) in [7, 11) is 1.64. The summed E-state index contributed by atoms with van der Waals surface area (Å²) in [6.45, 7) is 3.16. The van der Waals surface area contributed by atoms with Crippen LogP contribution in [-0.2, 0) is 4.84 Å². The summed E-state index contributed by atoms with van der Waals surface area (Å²) >= 11 is 0. The Bertz CT molecular complexity index is 33.5. The van der Waals surface area contributed by atoms with Crippen LogP contribution in [0.15, 0.2) is 0 Å². The van der Waals surface area contributed by atoms with Crippen LogP contribution in [0.4, 0.5) is 0 Å². The zero-order valence-corrected chi connectivity index (χ0v) is 5.74. The predicted octanol–water partition coefficient (Wildman–Crippen LogP) is 1.33. The molecule has 0 amide bonds. The van der Waals surface area contributed by atoms with Gasteiger partial charge in [-0.05, 0) is 6.42 Å². The molecule has 1 N–H and O–H groups in total. The monoisotopic (exact) mass is 117 g/mol. The molecule has 0 aromatic carbocycles. The molecule has 0 saturated carbocycles. The molecule has 0 atom stereocenters. The highest BCUT2D eigenvalue weighted by Gasteiger charge is 1.81. The highest BCUT2D eigenvalue weighted by Crippen LogP contribution is 1.90. The van der Waals surface area contributed by atoms with Crippen LogP contribution < -0.4 is 5.48 Å². The zero-order chi connectivity index (χ0) is 6.24. The van der Waals surface area contributed by atoms with Crippen molar-refractivity contribution in [3.05, 3.63) is 0 Å². The molecule has 0 fully saturated rings. The molecule has 0 aromatic rings. The lowest BCUT2D eigenvalue weighted by molar-refractivity contribution is 0.0906. The van der Waals surface area contributed by atoms with E-state index in [4.69, 9.17) is 0 Å². The molecule has 0 aliphatic rings. The van der Waals surface area contributed by atoms with Gasteiger partial charge in [-0.25, -0.2) is 5.48 Å². The van der Waals surface area contributed by atoms with Gasteiger partial charge in [-0.1, -0.05) is 19.8 Å². The molecule has 0 spiro atoms. The van der Waals surface area contributed by atoms with Crippen LogP contribution in [0.5, 0.6) is 0 Å². The minimum atomic E-state index is 0.977. The first-order valence-electron chi connectivity index (χ1n) is 3.17. The van der Waals surface area contributed by atoms with Crippen LogP contribution in [0.25, 0.3) is 0 Å². The maximum Gasteiger partial charge on any atom is 0.0572 e. The van der Waals surface area contributed by atoms with E-state index < -0.39 is 0 Å². The smallest absolute Gasteiger partial charge is 0.0572 e. The summed E-state index contributed by atoms with van der Waals surface area (Å²) in [6.07, 6.45) is 3.77. The fourth-order valence-corrected chi connectivity index (χ4v) is 0.549. The first kappa shape index (κ1) is 7.92. The molecule has 0 aliphatic carbocycles. The van der Waals surface area contributed by atoms with Crippen molar-refractivity contribution in [2.45, 2.75) is 26.2 Å². The van der Waals surface area contributed by atoms with Crippen LogP contribution in [0.2, 0.25) is 0 Å². The van der Waals surface area contributed by atoms with Gasteiger partial charge in [-0.15, -0.1) is 0 Å². The summed E-state index contributed by atoms with van der Waals surface area (Å²) in [6, 6.07) is 0. The van der Waals surface area contributed by atoms with E-state index >= 15 is 0 Å². The van der Waals surface area contributed by atoms with Crippen molar-refractivity contribution < 1.29 is 4.84 Å². The van der Waals surface area contributed by atoms with Gasteiger partial charge in [-0.3, -0.25) is 0 Å². The summed E-state index contributed by atoms with van der Waals surface area (Å²) < 4.78 is 0. The van der Waals surface area contributed by atoms with E-state index in [-0.39, 0.29) is 0 Å². The fourth-order valence-electron chi connectivity index (χ4n) is 0.549. The van der Waals surface area contributed by atoms with Crippen molar-refractivity contribution in [3.8, 4) is 0 Å². The Morgan fingerprint density at radius 1 is 1.38 bits per heavy atom. The third-order valence-electron chi connectivity index (χ3n) is 1.03. The number of nitrogens with one attached hydrogen (secondary N) is 1. The summed E-state index contributed by atoms with van der Waals surface area (Å²) in [5, 5.41) is 0. The number of unbranched alkanes of at least 4 members (excludes halogenated alkanes) is 2. The van der Waals surface area contributed by atoms with Crippen molar-refractivity contribution in [2.75, 3.05) is 13.7 Å². The highest BCUT2D eigenvalue weighted by molar-refractivity contribution is 4.36. The van der Waals surface area contributed by atoms with Crippen molar-refractivity contribution in [1.29, 1.82) is 0 Å². The van der Waals surface area contributed by atoms with Gasteiger partial charge in [0.05, 0.1) is 7.11 Å². The molecule has 0 bridgehead atoms. The minimum absolute atomic E-state index is 0.977. The predicted molar refractivity (Wildman–Crippen MR) is 34.5 cm³/mol. The van der Waals surface area contributed by atoms with E-state index in [0.717, 1.165) is 6.54 Å². The van der Waals surface area contributed by atoms with Gasteiger partial charge in [0.1, 0.15) is 0 Å². The Morgan fingerprint density at radius 3 is 2.62 bits per heavy atom. The third-order valence-corrected chi connectivity index (χ3v) is 1.03. The van der Waals surface area contributed by atoms with Crippen LogP contribution in [0, 0.1) is 0 Å². The summed E-state index contributed by atoms with van der Waals surface area (Å²) in [5.74, 6) is 0. The molecule has 0 rings (SSSR count). The molecular formula is C6H15NO. The lowest BCUT2D eigenvalue weighted by atomic mass is 10.3. The maximum absolute atomic E-state index is 4.64. The topological polar surface area (TPSA) is 21.3 Å². The van der Waals surface area contributed by atoms with Crippen LogP contribution in [-0.4, -0.2) is 13.7 Å². The van der Waals surface area contributed by atoms with Gasteiger partial charge in [0, 0.05) is 6.54 Å². The second-order valence-electron chi connectivity index (χ2n) is 1.81. The first-order chi connectivity index (χ1) is 3.91. The fraction of sp³-hybridized carbons (Fsp3) is 1.00. The molecule has 2 nitrogen and oxygen atoms in total. The molecule has 0 saturated heterocycles. The second kappa shape index (κ2) is 6.92. The number of rotatable bonds is 5. The summed E-state index contributed by atoms with van der Waals surface area (Å²) in [5.41, 5.74) is 2.78. The standard InChI is InChI=1S/C6H15NO/c1-3-4-5-6-7-8-2/h7H,3-6H2,1-2H3. The van der Waals surface area contributed by atoms with Gasteiger partial charge in [0.2, 0.25) is 0 Å². The van der Waals surface area contributed by atoms with E-state index in [1.807, 2.05) is 0 Å². The molecule has 0 heterocycles. The van der Waals surface area contributed by atoms with Crippen molar-refractivity contribution in [2.24, 2.45) is 0 Å². The zero-order valence-electron chi connectivity index (χ0n) is 5.74. The van der Waals surface area contributed by atoms with E-state index in [9.17, 15) is 0 Å². The Labute approximate surface area is 51.2 Å². The molecule has 2 heteroatoms. The quantitative estimate of drug-likeness (QED) is 0.433. The molecular weight excluding hydrogens is 102 g/mol. The van der Waals surface area contributed by atoms with Gasteiger partial charge in [0.15, 0.2) is 0 Å². The van der Waals surface area contributed by atoms with Crippen molar-refractivity contribution >= 4 is 0 Å². The van der Waals surface area contributed by atoms with Gasteiger partial charge in [-0.2, -0.15) is 0 Å². The molecule has 0 radical (unpaired) electrons. The third kappa shape index (κ3) is 5.92. The van der Waals surface area contributed by atoms with E-state index in [1.54, 1.807) is 7.11 Å². The van der Waals surface area contributed by atoms with Crippen LogP contribution in [0.3, 0.4) is 0 Å². The Hall–Kier alpha value is -0.0800. The summed E-state index contributed by atoms with van der Waals surface area (Å²) in [4.78, 5) is 4.64. The number of hydrogen-bond acceptors (Lipinski definition) is 2. The highest BCUT2D eigenvalue weighted by atomic mass is 16.6. The molecule has 0 aromatic heterocycles. The van der Waals surface area contributed by atoms with Crippen LogP contribution in [0.1, 0.15) is 26.2 Å². The largest absolute Gasteiger partial charge is 0.305 e. The second-order valence-corrected chi connectivity index (χ2v) is 1.81. The molecule has 0 aliphatic heterocycles. The van der Waals surface area contributed by atoms with Gasteiger partial charge < -0.3 is 4.84 Å². The maximum atomic E-state index is 4.64. The average molecular weight is 117 g/mol. The van der Waals surface area contributed by atoms with Gasteiger partial charge >= 0.3 is 0 Å². The SMILES string of the molecule is CCCCCNOC. The lowest BCUT2D eigenvalue weighted by Crippen LogP contribution is -2.12. The minimum Gasteiger partial charge on any atom is -0.305 e. The van der Waals surface area contributed by atoms with E-state index in [0.29, 0.717) is 0 Å². The van der Waals surface area contributed by atoms with E-state index in [2.05, 4.69) is 17.2 Å². The lowest BCUT2D eigenvalue weighted by Gasteiger charge is -1.97. The molecule has 0 unspecified atom stereocenters. The Kier molecular flexibility index (Phi) is 6.85. The Morgan fingerprint density at radius 2 is 2.12 bits per heavy atom. The normalized spacial score (nSPS) is 9.75. The van der Waals surface area contributed by atoms with Gasteiger partial charge in [0.25, 0.3) is 0 Å². The van der Waals surface area contributed by atoms with E-state index in [1.165, 1.54) is 19.3 Å². The number of hydroxylamine groups is 1. The van der Waals surface area contributed by atoms with Crippen molar-refractivity contribution in [1.82, 2.24) is 5.48 Å². The Balaban J connectivity index is 2.53. The molecule has 50 valence electrons. The van der Waals surface area contributed by atoms with Crippen molar-refractivity contribution in [3.63, 3.8) is 0 Å². The first-order valence-corrected chi connectivity index (χ1v) is 3.17. The van der Waals surface area contributed by atoms with Crippen LogP contribution >= 0.6 is 0 Å². The average Bonchev–Trinajstić information content (AvgIpc) is 1.81.